The van der Waals surface area contributed by atoms with Crippen LogP contribution in [0.1, 0.15) is 64.2 Å². The lowest BCUT2D eigenvalue weighted by atomic mass is 9.96. The fraction of sp³-hybridized carbons (Fsp3) is 0.571. The first kappa shape index (κ1) is 31.0. The third-order valence-electron chi connectivity index (χ3n) is 6.34. The van der Waals surface area contributed by atoms with E-state index in [1.165, 1.54) is 13.0 Å². The smallest absolute Gasteiger partial charge is 0.345 e. The van der Waals surface area contributed by atoms with Crippen LogP contribution in [0.5, 0.6) is 0 Å². The number of carboxylic acid groups (broad SMARTS) is 1. The van der Waals surface area contributed by atoms with E-state index in [2.05, 4.69) is 29.7 Å². The summed E-state index contributed by atoms with van der Waals surface area (Å²) in [5.41, 5.74) is 7.87. The Hall–Kier alpha value is -3.24. The summed E-state index contributed by atoms with van der Waals surface area (Å²) in [4.78, 5) is 47.4. The van der Waals surface area contributed by atoms with E-state index in [0.29, 0.717) is 18.9 Å². The number of carbonyl (C=O) groups excluding carboxylic acids is 3. The van der Waals surface area contributed by atoms with E-state index in [9.17, 15) is 24.3 Å². The summed E-state index contributed by atoms with van der Waals surface area (Å²) in [5.74, 6) is -3.11. The van der Waals surface area contributed by atoms with Crippen molar-refractivity contribution < 1.29 is 33.8 Å². The molecular weight excluding hydrogens is 490 g/mol. The quantitative estimate of drug-likeness (QED) is 0.144. The van der Waals surface area contributed by atoms with Gasteiger partial charge in [-0.1, -0.05) is 58.0 Å². The Kier molecular flexibility index (Phi) is 12.4. The normalized spacial score (nSPS) is 19.0. The molecule has 5 N–H and O–H groups in total. The number of rotatable bonds is 16. The molecule has 2 amide bonds. The largest absolute Gasteiger partial charge is 0.479 e. The second-order valence-electron chi connectivity index (χ2n) is 10.2. The molecule has 0 radical (unpaired) electrons. The predicted molar refractivity (Wildman–Crippen MR) is 142 cm³/mol. The van der Waals surface area contributed by atoms with Crippen molar-refractivity contribution in [1.29, 1.82) is 0 Å². The highest BCUT2D eigenvalue weighted by molar-refractivity contribution is 5.91. The number of benzene rings is 1. The highest BCUT2D eigenvalue weighted by Gasteiger charge is 2.43. The molecule has 210 valence electrons. The lowest BCUT2D eigenvalue weighted by molar-refractivity contribution is -0.167. The van der Waals surface area contributed by atoms with E-state index in [-0.39, 0.29) is 37.6 Å². The average Bonchev–Trinajstić information content (AvgIpc) is 3.68. The lowest BCUT2D eigenvalue weighted by Crippen LogP contribution is -2.40. The van der Waals surface area contributed by atoms with Crippen molar-refractivity contribution in [1.82, 2.24) is 10.6 Å². The van der Waals surface area contributed by atoms with Crippen LogP contribution in [0.4, 0.5) is 0 Å². The van der Waals surface area contributed by atoms with Crippen molar-refractivity contribution >= 4 is 23.8 Å². The minimum absolute atomic E-state index is 0.0311. The molecule has 0 aromatic heterocycles. The number of aliphatic carboxylic acids is 1. The fourth-order valence-corrected chi connectivity index (χ4v) is 3.90. The van der Waals surface area contributed by atoms with E-state index < -0.39 is 35.8 Å². The number of ether oxygens (including phenoxy) is 2. The summed E-state index contributed by atoms with van der Waals surface area (Å²) in [6, 6.07) is 8.13. The van der Waals surface area contributed by atoms with Crippen molar-refractivity contribution in [3.05, 3.63) is 47.5 Å². The first-order chi connectivity index (χ1) is 18.0. The summed E-state index contributed by atoms with van der Waals surface area (Å²) in [6.07, 6.45) is 3.98. The van der Waals surface area contributed by atoms with Crippen molar-refractivity contribution in [2.75, 3.05) is 13.1 Å². The summed E-state index contributed by atoms with van der Waals surface area (Å²) in [7, 11) is 0. The summed E-state index contributed by atoms with van der Waals surface area (Å²) < 4.78 is 10.9. The van der Waals surface area contributed by atoms with Gasteiger partial charge in [0.05, 0.1) is 18.6 Å². The van der Waals surface area contributed by atoms with Crippen LogP contribution in [-0.2, 0) is 35.2 Å². The molecule has 0 bridgehead atoms. The van der Waals surface area contributed by atoms with Gasteiger partial charge in [-0.15, -0.1) is 0 Å². The van der Waals surface area contributed by atoms with Crippen LogP contribution in [-0.4, -0.2) is 54.2 Å². The average molecular weight is 532 g/mol. The molecule has 1 heterocycles. The first-order valence-corrected chi connectivity index (χ1v) is 13.1. The number of epoxide rings is 1. The van der Waals surface area contributed by atoms with Gasteiger partial charge in [0.25, 0.3) is 0 Å². The molecule has 0 spiro atoms. The predicted octanol–water partition coefficient (Wildman–Crippen LogP) is 2.47. The van der Waals surface area contributed by atoms with Gasteiger partial charge in [0.1, 0.15) is 6.10 Å². The highest BCUT2D eigenvalue weighted by atomic mass is 16.6. The molecule has 10 heteroatoms. The highest BCUT2D eigenvalue weighted by Crippen LogP contribution is 2.44. The van der Waals surface area contributed by atoms with Gasteiger partial charge in [0, 0.05) is 13.1 Å². The Morgan fingerprint density at radius 2 is 1.79 bits per heavy atom. The third kappa shape index (κ3) is 10.6. The number of allylic oxidation sites excluding steroid dienone is 1. The Labute approximate surface area is 224 Å². The molecule has 10 nitrogen and oxygen atoms in total. The summed E-state index contributed by atoms with van der Waals surface area (Å²) in [6.45, 7) is 7.57. The maximum atomic E-state index is 12.1. The van der Waals surface area contributed by atoms with E-state index in [1.54, 1.807) is 6.08 Å². The van der Waals surface area contributed by atoms with Crippen LogP contribution in [0.2, 0.25) is 0 Å². The second kappa shape index (κ2) is 15.2. The van der Waals surface area contributed by atoms with Crippen LogP contribution in [0, 0.1) is 17.8 Å². The molecule has 2 rings (SSSR count). The summed E-state index contributed by atoms with van der Waals surface area (Å²) in [5, 5.41) is 14.2. The lowest BCUT2D eigenvalue weighted by Gasteiger charge is -2.18. The zero-order valence-electron chi connectivity index (χ0n) is 22.6. The maximum Gasteiger partial charge on any atom is 0.345 e. The second-order valence-corrected chi connectivity index (χ2v) is 10.2. The SMILES string of the molecule is CC(C)C[C@H](OC(=O)[C@H](C)CNC(=O)CNC(=O)/C=C/CC[C@H](C)C1O[C@@H]1c1ccc(CN)cc1)C(=O)O. The topological polar surface area (TPSA) is 160 Å². The Bertz CT molecular complexity index is 977. The van der Waals surface area contributed by atoms with Gasteiger partial charge < -0.3 is 30.9 Å². The van der Waals surface area contributed by atoms with Crippen LogP contribution in [0.25, 0.3) is 0 Å². The van der Waals surface area contributed by atoms with Crippen LogP contribution in [0.15, 0.2) is 36.4 Å². The van der Waals surface area contributed by atoms with Crippen molar-refractivity contribution in [2.24, 2.45) is 23.5 Å². The van der Waals surface area contributed by atoms with Crippen LogP contribution in [0.3, 0.4) is 0 Å². The number of nitrogens with two attached hydrogens (primary N) is 1. The molecule has 1 fully saturated rings. The van der Waals surface area contributed by atoms with Gasteiger partial charge in [-0.3, -0.25) is 14.4 Å². The molecule has 1 aliphatic rings. The Morgan fingerprint density at radius 3 is 2.39 bits per heavy atom. The van der Waals surface area contributed by atoms with Crippen LogP contribution < -0.4 is 16.4 Å². The minimum atomic E-state index is -1.22. The first-order valence-electron chi connectivity index (χ1n) is 13.1. The maximum absolute atomic E-state index is 12.1. The van der Waals surface area contributed by atoms with Gasteiger partial charge >= 0.3 is 11.9 Å². The van der Waals surface area contributed by atoms with Crippen molar-refractivity contribution in [2.45, 2.75) is 71.8 Å². The number of amides is 2. The standard InChI is InChI=1S/C28H41N3O7/c1-17(2)13-22(27(34)35)37-28(36)19(4)15-30-24(33)16-31-23(32)8-6-5-7-18(3)25-26(38-25)21-11-9-20(14-29)10-12-21/h6,8-12,17-19,22,25-26H,5,7,13-16,29H2,1-4H3,(H,30,33)(H,31,32)(H,34,35)/b8-6+/t18-,19+,22-,25?,26+/m0/s1. The van der Waals surface area contributed by atoms with E-state index in [1.807, 2.05) is 26.0 Å². The molecule has 1 aromatic rings. The molecule has 1 unspecified atom stereocenters. The number of hydrogen-bond donors (Lipinski definition) is 4. The number of nitrogens with one attached hydrogen (secondary N) is 2. The zero-order chi connectivity index (χ0) is 28.2. The molecule has 1 aliphatic heterocycles. The van der Waals surface area contributed by atoms with E-state index in [4.69, 9.17) is 15.2 Å². The fourth-order valence-electron chi connectivity index (χ4n) is 3.90. The van der Waals surface area contributed by atoms with E-state index in [0.717, 1.165) is 17.5 Å². The Morgan fingerprint density at radius 1 is 1.11 bits per heavy atom. The monoisotopic (exact) mass is 531 g/mol. The number of esters is 1. The molecule has 5 atom stereocenters. The Balaban J connectivity index is 1.61. The van der Waals surface area contributed by atoms with Gasteiger partial charge in [-0.2, -0.15) is 0 Å². The molecular formula is C28H41N3O7. The third-order valence-corrected chi connectivity index (χ3v) is 6.34. The van der Waals surface area contributed by atoms with Gasteiger partial charge in [-0.25, -0.2) is 4.79 Å². The van der Waals surface area contributed by atoms with Gasteiger partial charge in [0.15, 0.2) is 6.10 Å². The van der Waals surface area contributed by atoms with Crippen molar-refractivity contribution in [3.63, 3.8) is 0 Å². The number of hydrogen-bond acceptors (Lipinski definition) is 7. The number of carbonyl (C=O) groups is 4. The van der Waals surface area contributed by atoms with Crippen LogP contribution >= 0.6 is 0 Å². The molecule has 0 saturated carbocycles. The van der Waals surface area contributed by atoms with E-state index >= 15 is 0 Å². The molecule has 1 aromatic carbocycles. The van der Waals surface area contributed by atoms with Gasteiger partial charge in [0.2, 0.25) is 11.8 Å². The molecule has 38 heavy (non-hydrogen) atoms. The summed E-state index contributed by atoms with van der Waals surface area (Å²) >= 11 is 0. The van der Waals surface area contributed by atoms with Gasteiger partial charge in [-0.05, 0) is 48.3 Å². The number of carboxylic acids is 1. The van der Waals surface area contributed by atoms with Crippen molar-refractivity contribution in [3.8, 4) is 0 Å². The molecule has 1 saturated heterocycles. The molecule has 0 aliphatic carbocycles. The zero-order valence-corrected chi connectivity index (χ0v) is 22.6. The minimum Gasteiger partial charge on any atom is -0.479 e.